The van der Waals surface area contributed by atoms with E-state index in [1.807, 2.05) is 30.5 Å². The van der Waals surface area contributed by atoms with Crippen LogP contribution in [0.2, 0.25) is 0 Å². The van der Waals surface area contributed by atoms with Crippen LogP contribution in [0, 0.1) is 0 Å². The zero-order valence-corrected chi connectivity index (χ0v) is 17.7. The summed E-state index contributed by atoms with van der Waals surface area (Å²) in [7, 11) is 1.68. The van der Waals surface area contributed by atoms with Gasteiger partial charge in [-0.3, -0.25) is 14.8 Å². The first-order valence-corrected chi connectivity index (χ1v) is 10.6. The summed E-state index contributed by atoms with van der Waals surface area (Å²) >= 11 is 0. The van der Waals surface area contributed by atoms with Gasteiger partial charge in [0.25, 0.3) is 0 Å². The van der Waals surface area contributed by atoms with Crippen LogP contribution in [0.15, 0.2) is 47.6 Å². The Hall–Kier alpha value is -2.57. The number of carbonyl (C=O) groups is 1. The molecule has 0 bridgehead atoms. The molecule has 6 heteroatoms. The number of carbonyl (C=O) groups excluding carboxylic acids is 1. The van der Waals surface area contributed by atoms with Crippen molar-refractivity contribution < 1.29 is 14.3 Å². The number of methoxy groups -OCH3 is 1. The van der Waals surface area contributed by atoms with Gasteiger partial charge >= 0.3 is 0 Å². The third-order valence-electron chi connectivity index (χ3n) is 5.72. The van der Waals surface area contributed by atoms with Crippen LogP contribution < -0.4 is 0 Å². The van der Waals surface area contributed by atoms with E-state index in [1.54, 1.807) is 7.11 Å². The minimum absolute atomic E-state index is 0.0661. The largest absolute Gasteiger partial charge is 0.384 e. The lowest BCUT2D eigenvalue weighted by molar-refractivity contribution is -0.119. The Morgan fingerprint density at radius 2 is 2.17 bits per heavy atom. The maximum atomic E-state index is 12.8. The third-order valence-corrected chi connectivity index (χ3v) is 5.72. The number of aliphatic imine (C=N–C) groups is 1. The fourth-order valence-electron chi connectivity index (χ4n) is 4.25. The molecule has 0 unspecified atom stereocenters. The van der Waals surface area contributed by atoms with E-state index >= 15 is 0 Å². The number of amidine groups is 1. The van der Waals surface area contributed by atoms with Crippen molar-refractivity contribution in [3.63, 3.8) is 0 Å². The van der Waals surface area contributed by atoms with Crippen LogP contribution >= 0.6 is 0 Å². The zero-order chi connectivity index (χ0) is 20.9. The first-order valence-electron chi connectivity index (χ1n) is 10.6. The second-order valence-corrected chi connectivity index (χ2v) is 8.08. The monoisotopic (exact) mass is 407 g/mol. The lowest BCUT2D eigenvalue weighted by atomic mass is 9.93. The number of nitrogens with zero attached hydrogens (tertiary/aromatic N) is 3. The summed E-state index contributed by atoms with van der Waals surface area (Å²) in [6, 6.07) is 12.1. The molecule has 2 atom stereocenters. The Kier molecular flexibility index (Phi) is 6.55. The SMILES string of the molecule is COC[C@@H](CC(=O)Cc1cc2c(cn1)C(N1CCO[C@@H](C)C1)=NC2)c1ccccc1. The number of benzene rings is 1. The summed E-state index contributed by atoms with van der Waals surface area (Å²) in [5, 5.41) is 0. The van der Waals surface area contributed by atoms with Crippen molar-refractivity contribution in [1.29, 1.82) is 0 Å². The summed E-state index contributed by atoms with van der Waals surface area (Å²) < 4.78 is 11.0. The first kappa shape index (κ1) is 20.7. The summed E-state index contributed by atoms with van der Waals surface area (Å²) in [4.78, 5) is 24.4. The van der Waals surface area contributed by atoms with Crippen LogP contribution in [0.1, 0.15) is 41.6 Å². The summed E-state index contributed by atoms with van der Waals surface area (Å²) in [6.45, 7) is 5.68. The topological polar surface area (TPSA) is 64.0 Å². The highest BCUT2D eigenvalue weighted by atomic mass is 16.5. The number of Topliss-reactive ketones (excluding diaryl/α,β-unsaturated/α-hetero) is 1. The molecule has 6 nitrogen and oxygen atoms in total. The van der Waals surface area contributed by atoms with E-state index in [0.717, 1.165) is 47.9 Å². The van der Waals surface area contributed by atoms with Gasteiger partial charge in [0.15, 0.2) is 0 Å². The number of aromatic nitrogens is 1. The van der Waals surface area contributed by atoms with Crippen molar-refractivity contribution >= 4 is 11.6 Å². The summed E-state index contributed by atoms with van der Waals surface area (Å²) in [5.41, 5.74) is 4.18. The van der Waals surface area contributed by atoms with Crippen molar-refractivity contribution in [3.8, 4) is 0 Å². The van der Waals surface area contributed by atoms with Gasteiger partial charge in [-0.15, -0.1) is 0 Å². The molecule has 30 heavy (non-hydrogen) atoms. The fraction of sp³-hybridized carbons (Fsp3) is 0.458. The zero-order valence-electron chi connectivity index (χ0n) is 17.7. The molecule has 1 fully saturated rings. The second-order valence-electron chi connectivity index (χ2n) is 8.08. The molecule has 158 valence electrons. The molecule has 1 aromatic heterocycles. The molecule has 1 saturated heterocycles. The van der Waals surface area contributed by atoms with E-state index < -0.39 is 0 Å². The molecule has 0 radical (unpaired) electrons. The summed E-state index contributed by atoms with van der Waals surface area (Å²) in [5.74, 6) is 1.25. The Labute approximate surface area is 177 Å². The van der Waals surface area contributed by atoms with Gasteiger partial charge in [-0.05, 0) is 24.1 Å². The van der Waals surface area contributed by atoms with Crippen LogP contribution in [0.25, 0.3) is 0 Å². The summed E-state index contributed by atoms with van der Waals surface area (Å²) in [6.07, 6.45) is 2.88. The van der Waals surface area contributed by atoms with Gasteiger partial charge in [0.2, 0.25) is 0 Å². The van der Waals surface area contributed by atoms with Crippen LogP contribution in [-0.2, 0) is 27.2 Å². The predicted molar refractivity (Wildman–Crippen MR) is 116 cm³/mol. The number of fused-ring (bicyclic) bond motifs is 1. The van der Waals surface area contributed by atoms with Crippen molar-refractivity contribution in [3.05, 3.63) is 65.0 Å². The number of rotatable bonds is 7. The fourth-order valence-corrected chi connectivity index (χ4v) is 4.25. The van der Waals surface area contributed by atoms with Crippen LogP contribution in [0.3, 0.4) is 0 Å². The number of pyridine rings is 1. The molecule has 0 aliphatic carbocycles. The van der Waals surface area contributed by atoms with Gasteiger partial charge in [0.1, 0.15) is 11.6 Å². The molecule has 3 heterocycles. The minimum atomic E-state index is 0.0661. The van der Waals surface area contributed by atoms with Crippen LogP contribution in [-0.4, -0.2) is 61.0 Å². The standard InChI is InChI=1S/C24H29N3O3/c1-17-15-27(8-9-30-17)24-23-14-25-21(10-19(23)13-26-24)12-22(28)11-20(16-29-2)18-6-4-3-5-7-18/h3-7,10,14,17,20H,8-9,11-13,15-16H2,1-2H3/t17-,20+/m0/s1. The Morgan fingerprint density at radius 1 is 1.33 bits per heavy atom. The average Bonchev–Trinajstić information content (AvgIpc) is 3.17. The molecule has 4 rings (SSSR count). The van der Waals surface area contributed by atoms with Gasteiger partial charge in [0, 0.05) is 56.4 Å². The highest BCUT2D eigenvalue weighted by molar-refractivity contribution is 6.01. The third kappa shape index (κ3) is 4.77. The van der Waals surface area contributed by atoms with Gasteiger partial charge in [0.05, 0.1) is 25.9 Å². The normalized spacial score (nSPS) is 19.3. The Morgan fingerprint density at radius 3 is 2.93 bits per heavy atom. The highest BCUT2D eigenvalue weighted by Gasteiger charge is 2.26. The van der Waals surface area contributed by atoms with E-state index in [9.17, 15) is 4.79 Å². The first-order chi connectivity index (χ1) is 14.6. The lowest BCUT2D eigenvalue weighted by Crippen LogP contribution is -2.44. The van der Waals surface area contributed by atoms with E-state index in [4.69, 9.17) is 14.5 Å². The Bertz CT molecular complexity index is 913. The van der Waals surface area contributed by atoms with Gasteiger partial charge in [-0.2, -0.15) is 0 Å². The number of hydrogen-bond acceptors (Lipinski definition) is 6. The van der Waals surface area contributed by atoms with Crippen molar-refractivity contribution in [2.75, 3.05) is 33.4 Å². The van der Waals surface area contributed by atoms with Gasteiger partial charge in [-0.1, -0.05) is 30.3 Å². The molecule has 0 N–H and O–H groups in total. The maximum absolute atomic E-state index is 12.8. The molecular weight excluding hydrogens is 378 g/mol. The van der Waals surface area contributed by atoms with Crippen molar-refractivity contribution in [2.45, 2.75) is 38.3 Å². The molecule has 2 aromatic rings. The maximum Gasteiger partial charge on any atom is 0.139 e. The quantitative estimate of drug-likeness (QED) is 0.706. The molecule has 0 saturated carbocycles. The molecule has 0 spiro atoms. The molecule has 2 aliphatic rings. The number of ether oxygens (including phenoxy) is 2. The molecular formula is C24H29N3O3. The lowest BCUT2D eigenvalue weighted by Gasteiger charge is -2.32. The Balaban J connectivity index is 1.41. The number of ketones is 1. The van der Waals surface area contributed by atoms with Crippen LogP contribution in [0.4, 0.5) is 0 Å². The smallest absolute Gasteiger partial charge is 0.139 e. The molecule has 1 aromatic carbocycles. The van der Waals surface area contributed by atoms with Crippen molar-refractivity contribution in [1.82, 2.24) is 9.88 Å². The van der Waals surface area contributed by atoms with Gasteiger partial charge < -0.3 is 14.4 Å². The molecule has 2 aliphatic heterocycles. The number of morpholine rings is 1. The number of hydrogen-bond donors (Lipinski definition) is 0. The van der Waals surface area contributed by atoms with Gasteiger partial charge in [-0.25, -0.2) is 0 Å². The second kappa shape index (κ2) is 9.49. The van der Waals surface area contributed by atoms with E-state index in [0.29, 0.717) is 26.0 Å². The van der Waals surface area contributed by atoms with E-state index in [1.165, 1.54) is 0 Å². The average molecular weight is 408 g/mol. The van der Waals surface area contributed by atoms with E-state index in [-0.39, 0.29) is 17.8 Å². The minimum Gasteiger partial charge on any atom is -0.384 e. The molecule has 0 amide bonds. The van der Waals surface area contributed by atoms with Crippen LogP contribution in [0.5, 0.6) is 0 Å². The highest BCUT2D eigenvalue weighted by Crippen LogP contribution is 2.24. The van der Waals surface area contributed by atoms with E-state index in [2.05, 4.69) is 28.9 Å². The van der Waals surface area contributed by atoms with Crippen molar-refractivity contribution in [2.24, 2.45) is 4.99 Å². The predicted octanol–water partition coefficient (Wildman–Crippen LogP) is 2.99.